The molecule has 0 fully saturated rings. The summed E-state index contributed by atoms with van der Waals surface area (Å²) in [5, 5.41) is 1.32. The standard InChI is InChI=1S/C11H10Cl2N2/c12-9-2-1-8(11(13)5-9)6-15-4-3-10(14)7-15/h1-5,7H,6,14H2. The van der Waals surface area contributed by atoms with Gasteiger partial charge in [-0.1, -0.05) is 29.3 Å². The van der Waals surface area contributed by atoms with Crippen molar-refractivity contribution in [2.75, 3.05) is 5.73 Å². The van der Waals surface area contributed by atoms with Crippen LogP contribution in [-0.4, -0.2) is 4.57 Å². The number of benzene rings is 1. The van der Waals surface area contributed by atoms with Crippen molar-refractivity contribution in [1.82, 2.24) is 4.57 Å². The molecule has 4 heteroatoms. The van der Waals surface area contributed by atoms with Crippen LogP contribution in [0.25, 0.3) is 0 Å². The zero-order valence-corrected chi connectivity index (χ0v) is 9.46. The monoisotopic (exact) mass is 240 g/mol. The minimum atomic E-state index is 0.649. The zero-order valence-electron chi connectivity index (χ0n) is 7.95. The van der Waals surface area contributed by atoms with Gasteiger partial charge in [0.05, 0.1) is 0 Å². The molecule has 0 atom stereocenters. The van der Waals surface area contributed by atoms with Gasteiger partial charge >= 0.3 is 0 Å². The Morgan fingerprint density at radius 1 is 1.20 bits per heavy atom. The third kappa shape index (κ3) is 2.46. The van der Waals surface area contributed by atoms with Gasteiger partial charge in [-0.25, -0.2) is 0 Å². The van der Waals surface area contributed by atoms with Crippen molar-refractivity contribution in [3.8, 4) is 0 Å². The zero-order chi connectivity index (χ0) is 10.8. The number of nitrogens with zero attached hydrogens (tertiary/aromatic N) is 1. The molecule has 1 aromatic heterocycles. The van der Waals surface area contributed by atoms with Crippen molar-refractivity contribution in [2.45, 2.75) is 6.54 Å². The van der Waals surface area contributed by atoms with E-state index in [2.05, 4.69) is 0 Å². The Bertz CT molecular complexity index is 477. The second kappa shape index (κ2) is 4.17. The second-order valence-electron chi connectivity index (χ2n) is 3.35. The van der Waals surface area contributed by atoms with Crippen molar-refractivity contribution in [2.24, 2.45) is 0 Å². The third-order valence-corrected chi connectivity index (χ3v) is 2.73. The van der Waals surface area contributed by atoms with Gasteiger partial charge in [0, 0.05) is 34.7 Å². The van der Waals surface area contributed by atoms with Gasteiger partial charge in [0.1, 0.15) is 0 Å². The van der Waals surface area contributed by atoms with E-state index in [0.717, 1.165) is 11.3 Å². The molecule has 2 rings (SSSR count). The number of hydrogen-bond donors (Lipinski definition) is 1. The van der Waals surface area contributed by atoms with Gasteiger partial charge in [-0.3, -0.25) is 0 Å². The maximum absolute atomic E-state index is 6.06. The highest BCUT2D eigenvalue weighted by atomic mass is 35.5. The van der Waals surface area contributed by atoms with E-state index in [9.17, 15) is 0 Å². The lowest BCUT2D eigenvalue weighted by atomic mass is 10.2. The molecule has 2 nitrogen and oxygen atoms in total. The van der Waals surface area contributed by atoms with E-state index >= 15 is 0 Å². The first-order valence-electron chi connectivity index (χ1n) is 4.50. The van der Waals surface area contributed by atoms with Crippen LogP contribution >= 0.6 is 23.2 Å². The molecule has 1 aromatic carbocycles. The molecule has 0 spiro atoms. The number of nitrogens with two attached hydrogens (primary N) is 1. The number of hydrogen-bond acceptors (Lipinski definition) is 1. The van der Waals surface area contributed by atoms with Gasteiger partial charge < -0.3 is 10.3 Å². The third-order valence-electron chi connectivity index (χ3n) is 2.14. The van der Waals surface area contributed by atoms with Crippen LogP contribution in [-0.2, 0) is 6.54 Å². The first-order valence-corrected chi connectivity index (χ1v) is 5.26. The molecule has 0 unspecified atom stereocenters. The average Bonchev–Trinajstić information content (AvgIpc) is 2.56. The molecule has 0 radical (unpaired) electrons. The molecule has 78 valence electrons. The Morgan fingerprint density at radius 2 is 2.00 bits per heavy atom. The fourth-order valence-corrected chi connectivity index (χ4v) is 1.87. The van der Waals surface area contributed by atoms with Crippen LogP contribution in [0.4, 0.5) is 5.69 Å². The van der Waals surface area contributed by atoms with Gasteiger partial charge in [0.2, 0.25) is 0 Å². The minimum Gasteiger partial charge on any atom is -0.398 e. The predicted octanol–water partition coefficient (Wildman–Crippen LogP) is 3.43. The quantitative estimate of drug-likeness (QED) is 0.857. The van der Waals surface area contributed by atoms with Gasteiger partial charge in [-0.05, 0) is 23.8 Å². The van der Waals surface area contributed by atoms with E-state index in [-0.39, 0.29) is 0 Å². The van der Waals surface area contributed by atoms with Crippen LogP contribution < -0.4 is 5.73 Å². The summed E-state index contributed by atoms with van der Waals surface area (Å²) >= 11 is 11.9. The van der Waals surface area contributed by atoms with E-state index in [1.54, 1.807) is 6.07 Å². The molecule has 0 aliphatic heterocycles. The Hall–Kier alpha value is -1.12. The van der Waals surface area contributed by atoms with Crippen LogP contribution in [0.15, 0.2) is 36.7 Å². The Labute approximate surface area is 98.2 Å². The van der Waals surface area contributed by atoms with Crippen molar-refractivity contribution < 1.29 is 0 Å². The topological polar surface area (TPSA) is 30.9 Å². The molecule has 0 aliphatic rings. The maximum atomic E-state index is 6.06. The Morgan fingerprint density at radius 3 is 2.60 bits per heavy atom. The first-order chi connectivity index (χ1) is 7.15. The van der Waals surface area contributed by atoms with Gasteiger partial charge in [-0.2, -0.15) is 0 Å². The summed E-state index contributed by atoms with van der Waals surface area (Å²) in [6.07, 6.45) is 3.78. The molecule has 1 heterocycles. The molecule has 0 bridgehead atoms. The van der Waals surface area contributed by atoms with Crippen LogP contribution in [0.5, 0.6) is 0 Å². The number of aromatic nitrogens is 1. The molecule has 2 N–H and O–H groups in total. The summed E-state index contributed by atoms with van der Waals surface area (Å²) in [5.74, 6) is 0. The summed E-state index contributed by atoms with van der Waals surface area (Å²) in [5.41, 5.74) is 7.39. The summed E-state index contributed by atoms with van der Waals surface area (Å²) < 4.78 is 1.98. The van der Waals surface area contributed by atoms with Crippen LogP contribution in [0, 0.1) is 0 Å². The normalized spacial score (nSPS) is 10.5. The molecule has 15 heavy (non-hydrogen) atoms. The van der Waals surface area contributed by atoms with E-state index < -0.39 is 0 Å². The van der Waals surface area contributed by atoms with Crippen LogP contribution in [0.2, 0.25) is 10.0 Å². The lowest BCUT2D eigenvalue weighted by Crippen LogP contribution is -1.97. The van der Waals surface area contributed by atoms with Crippen molar-refractivity contribution >= 4 is 28.9 Å². The van der Waals surface area contributed by atoms with Gasteiger partial charge in [-0.15, -0.1) is 0 Å². The molecular weight excluding hydrogens is 231 g/mol. The largest absolute Gasteiger partial charge is 0.398 e. The molecule has 2 aromatic rings. The highest BCUT2D eigenvalue weighted by Gasteiger charge is 2.02. The van der Waals surface area contributed by atoms with Crippen molar-refractivity contribution in [3.63, 3.8) is 0 Å². The van der Waals surface area contributed by atoms with Crippen LogP contribution in [0.3, 0.4) is 0 Å². The van der Waals surface area contributed by atoms with E-state index in [4.69, 9.17) is 28.9 Å². The Balaban J connectivity index is 2.24. The van der Waals surface area contributed by atoms with Gasteiger partial charge in [0.15, 0.2) is 0 Å². The van der Waals surface area contributed by atoms with Crippen molar-refractivity contribution in [1.29, 1.82) is 0 Å². The fraction of sp³-hybridized carbons (Fsp3) is 0.0909. The number of halogens is 2. The summed E-state index contributed by atoms with van der Waals surface area (Å²) in [4.78, 5) is 0. The SMILES string of the molecule is Nc1ccn(Cc2ccc(Cl)cc2Cl)c1. The van der Waals surface area contributed by atoms with Crippen LogP contribution in [0.1, 0.15) is 5.56 Å². The van der Waals surface area contributed by atoms with E-state index in [1.807, 2.05) is 35.2 Å². The molecule has 0 saturated carbocycles. The lowest BCUT2D eigenvalue weighted by molar-refractivity contribution is 0.807. The predicted molar refractivity (Wildman–Crippen MR) is 64.4 cm³/mol. The maximum Gasteiger partial charge on any atom is 0.0493 e. The summed E-state index contributed by atoms with van der Waals surface area (Å²) in [7, 11) is 0. The smallest absolute Gasteiger partial charge is 0.0493 e. The highest BCUT2D eigenvalue weighted by Crippen LogP contribution is 2.22. The lowest BCUT2D eigenvalue weighted by Gasteiger charge is -2.05. The molecule has 0 saturated heterocycles. The first kappa shape index (κ1) is 10.4. The summed E-state index contributed by atoms with van der Waals surface area (Å²) in [6.45, 7) is 0.702. The number of nitrogen functional groups attached to an aromatic ring is 1. The second-order valence-corrected chi connectivity index (χ2v) is 4.20. The van der Waals surface area contributed by atoms with E-state index in [1.165, 1.54) is 0 Å². The molecule has 0 aliphatic carbocycles. The van der Waals surface area contributed by atoms with Crippen molar-refractivity contribution in [3.05, 3.63) is 52.3 Å². The molecule has 0 amide bonds. The van der Waals surface area contributed by atoms with Gasteiger partial charge in [0.25, 0.3) is 0 Å². The van der Waals surface area contributed by atoms with E-state index in [0.29, 0.717) is 16.6 Å². The number of rotatable bonds is 2. The summed E-state index contributed by atoms with van der Waals surface area (Å²) in [6, 6.07) is 7.34. The molecular formula is C11H10Cl2N2. The number of anilines is 1. The fourth-order valence-electron chi connectivity index (χ4n) is 1.40. The minimum absolute atomic E-state index is 0.649. The average molecular weight is 241 g/mol. The highest BCUT2D eigenvalue weighted by molar-refractivity contribution is 6.35. The Kier molecular flexibility index (Phi) is 2.89.